The zero-order valence-corrected chi connectivity index (χ0v) is 17.2. The van der Waals surface area contributed by atoms with Crippen molar-refractivity contribution in [3.05, 3.63) is 84.6 Å². The number of anilines is 1. The van der Waals surface area contributed by atoms with E-state index in [4.69, 9.17) is 8.94 Å². The maximum absolute atomic E-state index is 12.4. The molecule has 0 spiro atoms. The number of amides is 1. The van der Waals surface area contributed by atoms with Gasteiger partial charge in [0, 0.05) is 11.3 Å². The first kappa shape index (κ1) is 20.4. The molecule has 1 amide bonds. The Labute approximate surface area is 178 Å². The Balaban J connectivity index is 1.44. The van der Waals surface area contributed by atoms with Gasteiger partial charge in [-0.15, -0.1) is 0 Å². The van der Waals surface area contributed by atoms with Crippen LogP contribution in [0.25, 0.3) is 11.4 Å². The van der Waals surface area contributed by atoms with Crippen LogP contribution in [0, 0.1) is 0 Å². The molecule has 4 aromatic rings. The van der Waals surface area contributed by atoms with Gasteiger partial charge in [0.25, 0.3) is 15.9 Å². The Morgan fingerprint density at radius 2 is 1.74 bits per heavy atom. The molecule has 2 heterocycles. The van der Waals surface area contributed by atoms with E-state index in [9.17, 15) is 13.2 Å². The molecule has 2 aromatic heterocycles. The molecule has 1 unspecified atom stereocenters. The molecule has 10 heteroatoms. The van der Waals surface area contributed by atoms with Gasteiger partial charge in [-0.05, 0) is 55.5 Å². The van der Waals surface area contributed by atoms with Crippen molar-refractivity contribution in [1.82, 2.24) is 15.5 Å². The number of rotatable bonds is 7. The summed E-state index contributed by atoms with van der Waals surface area (Å²) in [6.45, 7) is 1.71. The van der Waals surface area contributed by atoms with Gasteiger partial charge >= 0.3 is 0 Å². The first-order valence-corrected chi connectivity index (χ1v) is 10.8. The van der Waals surface area contributed by atoms with Crippen molar-refractivity contribution in [2.45, 2.75) is 17.9 Å². The van der Waals surface area contributed by atoms with Crippen LogP contribution in [0.2, 0.25) is 0 Å². The Morgan fingerprint density at radius 1 is 1.00 bits per heavy atom. The number of nitrogens with one attached hydrogen (secondary N) is 2. The highest BCUT2D eigenvalue weighted by Gasteiger charge is 2.19. The average molecular weight is 438 g/mol. The molecule has 0 aliphatic heterocycles. The molecule has 9 nitrogen and oxygen atoms in total. The van der Waals surface area contributed by atoms with Crippen molar-refractivity contribution >= 4 is 21.6 Å². The Morgan fingerprint density at radius 3 is 2.42 bits per heavy atom. The van der Waals surface area contributed by atoms with Crippen LogP contribution in [0.15, 0.2) is 86.8 Å². The summed E-state index contributed by atoms with van der Waals surface area (Å²) in [4.78, 5) is 16.5. The fourth-order valence-corrected chi connectivity index (χ4v) is 3.85. The van der Waals surface area contributed by atoms with Crippen molar-refractivity contribution in [1.29, 1.82) is 0 Å². The number of hydrogen-bond acceptors (Lipinski definition) is 7. The molecule has 0 radical (unpaired) electrons. The summed E-state index contributed by atoms with van der Waals surface area (Å²) in [7, 11) is -3.68. The number of furan rings is 1. The number of carbonyl (C=O) groups is 1. The molecule has 0 saturated heterocycles. The second-order valence-electron chi connectivity index (χ2n) is 6.62. The van der Waals surface area contributed by atoms with Gasteiger partial charge < -0.3 is 14.3 Å². The molecule has 0 aliphatic rings. The number of carbonyl (C=O) groups excluding carboxylic acids is 1. The minimum absolute atomic E-state index is 0.174. The topological polar surface area (TPSA) is 127 Å². The van der Waals surface area contributed by atoms with Crippen LogP contribution in [0.3, 0.4) is 0 Å². The average Bonchev–Trinajstić information content (AvgIpc) is 3.47. The Bertz CT molecular complexity index is 1270. The summed E-state index contributed by atoms with van der Waals surface area (Å²) in [5, 5.41) is 6.64. The second kappa shape index (κ2) is 8.44. The highest BCUT2D eigenvalue weighted by molar-refractivity contribution is 7.92. The van der Waals surface area contributed by atoms with Crippen LogP contribution in [-0.2, 0) is 10.0 Å². The summed E-state index contributed by atoms with van der Waals surface area (Å²) in [5.41, 5.74) is 1.03. The van der Waals surface area contributed by atoms with E-state index in [2.05, 4.69) is 20.2 Å². The van der Waals surface area contributed by atoms with E-state index in [-0.39, 0.29) is 16.5 Å². The third-order valence-electron chi connectivity index (χ3n) is 4.35. The van der Waals surface area contributed by atoms with Gasteiger partial charge in [-0.1, -0.05) is 23.4 Å². The summed E-state index contributed by atoms with van der Waals surface area (Å²) in [6, 6.07) is 17.3. The lowest BCUT2D eigenvalue weighted by atomic mass is 10.2. The van der Waals surface area contributed by atoms with Crippen LogP contribution >= 0.6 is 0 Å². The van der Waals surface area contributed by atoms with Gasteiger partial charge in [0.05, 0.1) is 11.2 Å². The van der Waals surface area contributed by atoms with E-state index >= 15 is 0 Å². The zero-order chi connectivity index (χ0) is 21.8. The summed E-state index contributed by atoms with van der Waals surface area (Å²) >= 11 is 0. The zero-order valence-electron chi connectivity index (χ0n) is 16.3. The molecule has 2 N–H and O–H groups in total. The number of hydrogen-bond donors (Lipinski definition) is 2. The molecule has 0 saturated carbocycles. The SMILES string of the molecule is CC(NC(=O)c1ccco1)c1nc(-c2ccc(NS(=O)(=O)c3ccccc3)cc2)no1. The summed E-state index contributed by atoms with van der Waals surface area (Å²) < 4.78 is 37.7. The molecule has 0 fully saturated rings. The quantitative estimate of drug-likeness (QED) is 0.451. The Hall–Kier alpha value is -3.92. The van der Waals surface area contributed by atoms with Crippen molar-refractivity contribution < 1.29 is 22.2 Å². The highest BCUT2D eigenvalue weighted by Crippen LogP contribution is 2.22. The minimum Gasteiger partial charge on any atom is -0.459 e. The van der Waals surface area contributed by atoms with Crippen molar-refractivity contribution in [2.24, 2.45) is 0 Å². The van der Waals surface area contributed by atoms with Gasteiger partial charge in [-0.25, -0.2) is 8.42 Å². The maximum Gasteiger partial charge on any atom is 0.287 e. The number of benzene rings is 2. The van der Waals surface area contributed by atoms with Crippen LogP contribution in [0.1, 0.15) is 29.4 Å². The second-order valence-corrected chi connectivity index (χ2v) is 8.31. The van der Waals surface area contributed by atoms with Crippen LogP contribution in [0.4, 0.5) is 5.69 Å². The largest absolute Gasteiger partial charge is 0.459 e. The smallest absolute Gasteiger partial charge is 0.287 e. The van der Waals surface area contributed by atoms with E-state index in [0.717, 1.165) is 0 Å². The molecule has 31 heavy (non-hydrogen) atoms. The summed E-state index contributed by atoms with van der Waals surface area (Å²) in [5.74, 6) is 0.322. The maximum atomic E-state index is 12.4. The molecular formula is C21H18N4O5S. The fourth-order valence-electron chi connectivity index (χ4n) is 2.77. The van der Waals surface area contributed by atoms with E-state index < -0.39 is 22.0 Å². The predicted molar refractivity (Wildman–Crippen MR) is 112 cm³/mol. The van der Waals surface area contributed by atoms with Crippen LogP contribution in [0.5, 0.6) is 0 Å². The molecule has 2 aromatic carbocycles. The first-order valence-electron chi connectivity index (χ1n) is 9.29. The highest BCUT2D eigenvalue weighted by atomic mass is 32.2. The van der Waals surface area contributed by atoms with Gasteiger partial charge in [-0.3, -0.25) is 9.52 Å². The van der Waals surface area contributed by atoms with Crippen molar-refractivity contribution in [3.63, 3.8) is 0 Å². The molecule has 158 valence electrons. The molecule has 1 atom stereocenters. The van der Waals surface area contributed by atoms with Crippen LogP contribution < -0.4 is 10.0 Å². The van der Waals surface area contributed by atoms with Crippen LogP contribution in [-0.4, -0.2) is 24.5 Å². The van der Waals surface area contributed by atoms with Gasteiger partial charge in [0.15, 0.2) is 5.76 Å². The minimum atomic E-state index is -3.68. The van der Waals surface area contributed by atoms with Gasteiger partial charge in [0.2, 0.25) is 11.7 Å². The number of nitrogens with zero attached hydrogens (tertiary/aromatic N) is 2. The number of sulfonamides is 1. The van der Waals surface area contributed by atoms with Crippen molar-refractivity contribution in [2.75, 3.05) is 4.72 Å². The van der Waals surface area contributed by atoms with E-state index in [1.54, 1.807) is 61.5 Å². The van der Waals surface area contributed by atoms with Gasteiger partial charge in [-0.2, -0.15) is 4.98 Å². The third kappa shape index (κ3) is 4.64. The van der Waals surface area contributed by atoms with E-state index in [0.29, 0.717) is 17.1 Å². The first-order chi connectivity index (χ1) is 14.9. The third-order valence-corrected chi connectivity index (χ3v) is 5.75. The normalized spacial score (nSPS) is 12.3. The summed E-state index contributed by atoms with van der Waals surface area (Å²) in [6.07, 6.45) is 1.41. The Kier molecular flexibility index (Phi) is 5.54. The molecule has 0 bridgehead atoms. The lowest BCUT2D eigenvalue weighted by Crippen LogP contribution is -2.26. The lowest BCUT2D eigenvalue weighted by molar-refractivity contribution is 0.0904. The van der Waals surface area contributed by atoms with E-state index in [1.165, 1.54) is 18.4 Å². The standard InChI is InChI=1S/C21H18N4O5S/c1-14(22-20(26)18-8-5-13-29-18)21-23-19(24-30-21)15-9-11-16(12-10-15)25-31(27,28)17-6-3-2-4-7-17/h2-14,25H,1H3,(H,22,26). The predicted octanol–water partition coefficient (Wildman–Crippen LogP) is 3.62. The van der Waals surface area contributed by atoms with Gasteiger partial charge in [0.1, 0.15) is 6.04 Å². The molecule has 0 aliphatic carbocycles. The molecular weight excluding hydrogens is 420 g/mol. The number of aromatic nitrogens is 2. The lowest BCUT2D eigenvalue weighted by Gasteiger charge is -2.08. The monoisotopic (exact) mass is 438 g/mol. The fraction of sp³-hybridized carbons (Fsp3) is 0.0952. The molecule has 4 rings (SSSR count). The van der Waals surface area contributed by atoms with Crippen molar-refractivity contribution in [3.8, 4) is 11.4 Å². The van der Waals surface area contributed by atoms with E-state index in [1.807, 2.05) is 0 Å².